The van der Waals surface area contributed by atoms with Gasteiger partial charge in [-0.15, -0.1) is 0 Å². The molecule has 1 amide bonds. The van der Waals surface area contributed by atoms with Gasteiger partial charge in [-0.25, -0.2) is 14.2 Å². The number of fused-ring (bicyclic) bond motifs is 1. The Hall–Kier alpha value is -2.08. The predicted octanol–water partition coefficient (Wildman–Crippen LogP) is 2.28. The summed E-state index contributed by atoms with van der Waals surface area (Å²) in [4.78, 5) is 28.7. The highest BCUT2D eigenvalue weighted by molar-refractivity contribution is 5.89. The van der Waals surface area contributed by atoms with Crippen LogP contribution in [0.1, 0.15) is 32.7 Å². The van der Waals surface area contributed by atoms with Crippen molar-refractivity contribution in [2.45, 2.75) is 38.8 Å². The van der Waals surface area contributed by atoms with Gasteiger partial charge >= 0.3 is 11.7 Å². The lowest BCUT2D eigenvalue weighted by atomic mass is 9.65. The molecule has 6 heteroatoms. The van der Waals surface area contributed by atoms with Crippen LogP contribution in [0, 0.1) is 17.8 Å². The maximum atomic E-state index is 13.1. The van der Waals surface area contributed by atoms with Gasteiger partial charge in [-0.1, -0.05) is 12.1 Å². The molecule has 6 nitrogen and oxygen atoms in total. The van der Waals surface area contributed by atoms with Crippen molar-refractivity contribution >= 4 is 17.1 Å². The molecule has 0 spiro atoms. The minimum absolute atomic E-state index is 0.00965. The second kappa shape index (κ2) is 5.71. The van der Waals surface area contributed by atoms with Crippen LogP contribution in [-0.4, -0.2) is 45.7 Å². The van der Waals surface area contributed by atoms with Crippen LogP contribution in [0.5, 0.6) is 0 Å². The Morgan fingerprint density at radius 3 is 2.35 bits per heavy atom. The molecule has 138 valence electrons. The fourth-order valence-electron chi connectivity index (χ4n) is 5.72. The summed E-state index contributed by atoms with van der Waals surface area (Å²) in [5, 5.41) is 3.25. The van der Waals surface area contributed by atoms with Crippen LogP contribution in [0.15, 0.2) is 29.1 Å². The van der Waals surface area contributed by atoms with Crippen molar-refractivity contribution in [3.8, 4) is 0 Å². The average Bonchev–Trinajstić information content (AvgIpc) is 2.89. The van der Waals surface area contributed by atoms with E-state index < -0.39 is 0 Å². The van der Waals surface area contributed by atoms with Crippen molar-refractivity contribution in [3.05, 3.63) is 34.7 Å². The molecule has 1 aromatic carbocycles. The van der Waals surface area contributed by atoms with Gasteiger partial charge in [0.15, 0.2) is 0 Å². The minimum Gasteiger partial charge on any atom is -0.334 e. The average molecular weight is 354 g/mol. The van der Waals surface area contributed by atoms with E-state index in [0.717, 1.165) is 24.5 Å². The molecule has 4 aliphatic rings. The monoisotopic (exact) mass is 354 g/mol. The van der Waals surface area contributed by atoms with Crippen LogP contribution in [-0.2, 0) is 0 Å². The van der Waals surface area contributed by atoms with Gasteiger partial charge in [-0.3, -0.25) is 4.57 Å². The van der Waals surface area contributed by atoms with Gasteiger partial charge in [-0.05, 0) is 56.6 Å². The number of aromatic nitrogens is 2. The second-order valence-corrected chi connectivity index (χ2v) is 8.62. The smallest absolute Gasteiger partial charge is 0.334 e. The summed E-state index contributed by atoms with van der Waals surface area (Å²) in [6.45, 7) is 7.35. The maximum Gasteiger partial charge on any atom is 0.337 e. The number of imidazole rings is 1. The Kier molecular flexibility index (Phi) is 3.54. The molecule has 2 atom stereocenters. The van der Waals surface area contributed by atoms with Crippen molar-refractivity contribution in [2.75, 3.05) is 19.6 Å². The van der Waals surface area contributed by atoms with Gasteiger partial charge in [0.2, 0.25) is 0 Å². The number of piperidine rings is 3. The van der Waals surface area contributed by atoms with Crippen LogP contribution < -0.4 is 11.0 Å². The summed E-state index contributed by atoms with van der Waals surface area (Å²) in [5.74, 6) is 1.85. The van der Waals surface area contributed by atoms with Crippen molar-refractivity contribution in [1.82, 2.24) is 19.4 Å². The molecule has 6 rings (SSSR count). The van der Waals surface area contributed by atoms with Gasteiger partial charge in [0.25, 0.3) is 0 Å². The van der Waals surface area contributed by atoms with E-state index >= 15 is 0 Å². The van der Waals surface area contributed by atoms with E-state index in [9.17, 15) is 9.59 Å². The molecule has 4 bridgehead atoms. The standard InChI is InChI=1S/C20H26N4O2/c1-12(2)23-16-5-3-4-6-17(16)24(20(23)26)19(25)21-18-14-7-13-8-15(18)11-22(9-13)10-14/h3-6,12-15,18H,7-11H2,1-2H3,(H,21,25). The largest absolute Gasteiger partial charge is 0.337 e. The minimum atomic E-state index is -0.266. The lowest BCUT2D eigenvalue weighted by molar-refractivity contribution is -0.0405. The normalized spacial score (nSPS) is 32.5. The highest BCUT2D eigenvalue weighted by atomic mass is 16.2. The van der Waals surface area contributed by atoms with E-state index in [1.807, 2.05) is 38.1 Å². The van der Waals surface area contributed by atoms with Crippen LogP contribution >= 0.6 is 0 Å². The van der Waals surface area contributed by atoms with Gasteiger partial charge in [0, 0.05) is 31.7 Å². The Morgan fingerprint density at radius 2 is 1.73 bits per heavy atom. The molecule has 3 aliphatic heterocycles. The molecule has 26 heavy (non-hydrogen) atoms. The van der Waals surface area contributed by atoms with E-state index in [1.54, 1.807) is 4.57 Å². The maximum absolute atomic E-state index is 13.1. The number of amides is 1. The van der Waals surface area contributed by atoms with Crippen molar-refractivity contribution < 1.29 is 4.79 Å². The number of nitrogens with zero attached hydrogens (tertiary/aromatic N) is 3. The SMILES string of the molecule is CC(C)n1c(=O)n(C(=O)NC2C3CC4CC2CN(C4)C3)c2ccccc21. The van der Waals surface area contributed by atoms with Crippen LogP contribution in [0.2, 0.25) is 0 Å². The third kappa shape index (κ3) is 2.28. The van der Waals surface area contributed by atoms with Crippen LogP contribution in [0.3, 0.4) is 0 Å². The summed E-state index contributed by atoms with van der Waals surface area (Å²) in [7, 11) is 0. The van der Waals surface area contributed by atoms with Gasteiger partial charge in [-0.2, -0.15) is 0 Å². The Labute approximate surface area is 152 Å². The molecule has 1 N–H and O–H groups in total. The highest BCUT2D eigenvalue weighted by Gasteiger charge is 2.48. The molecule has 4 heterocycles. The molecular formula is C20H26N4O2. The number of rotatable bonds is 2. The molecule has 4 fully saturated rings. The first-order chi connectivity index (χ1) is 12.5. The molecule has 1 aromatic heterocycles. The van der Waals surface area contributed by atoms with E-state index in [-0.39, 0.29) is 23.8 Å². The van der Waals surface area contributed by atoms with E-state index in [2.05, 4.69) is 10.2 Å². The number of para-hydroxylation sites is 2. The second-order valence-electron chi connectivity index (χ2n) is 8.62. The van der Waals surface area contributed by atoms with E-state index in [0.29, 0.717) is 17.4 Å². The topological polar surface area (TPSA) is 59.3 Å². The fourth-order valence-corrected chi connectivity index (χ4v) is 5.72. The molecule has 2 unspecified atom stereocenters. The van der Waals surface area contributed by atoms with Crippen molar-refractivity contribution in [1.29, 1.82) is 0 Å². The zero-order valence-corrected chi connectivity index (χ0v) is 15.4. The quantitative estimate of drug-likeness (QED) is 0.900. The molecule has 3 saturated heterocycles. The van der Waals surface area contributed by atoms with E-state index in [4.69, 9.17) is 0 Å². The zero-order valence-electron chi connectivity index (χ0n) is 15.4. The molecular weight excluding hydrogens is 328 g/mol. The summed E-state index contributed by atoms with van der Waals surface area (Å²) < 4.78 is 3.04. The van der Waals surface area contributed by atoms with Crippen molar-refractivity contribution in [2.24, 2.45) is 17.8 Å². The Bertz CT molecular complexity index is 898. The summed E-state index contributed by atoms with van der Waals surface area (Å²) in [6.07, 6.45) is 2.42. The lowest BCUT2D eigenvalue weighted by Gasteiger charge is -2.55. The highest BCUT2D eigenvalue weighted by Crippen LogP contribution is 2.43. The van der Waals surface area contributed by atoms with Gasteiger partial charge in [0.1, 0.15) is 0 Å². The summed E-state index contributed by atoms with van der Waals surface area (Å²) >= 11 is 0. The van der Waals surface area contributed by atoms with Gasteiger partial charge < -0.3 is 10.2 Å². The lowest BCUT2D eigenvalue weighted by Crippen LogP contribution is -2.65. The van der Waals surface area contributed by atoms with Crippen molar-refractivity contribution in [3.63, 3.8) is 0 Å². The fraction of sp³-hybridized carbons (Fsp3) is 0.600. The Morgan fingerprint density at radius 1 is 1.08 bits per heavy atom. The predicted molar refractivity (Wildman–Crippen MR) is 100 cm³/mol. The summed E-state index contributed by atoms with van der Waals surface area (Å²) in [5.41, 5.74) is 1.27. The molecule has 1 saturated carbocycles. The zero-order chi connectivity index (χ0) is 18.0. The summed E-state index contributed by atoms with van der Waals surface area (Å²) in [6, 6.07) is 7.51. The number of benzene rings is 1. The van der Waals surface area contributed by atoms with Gasteiger partial charge in [0.05, 0.1) is 11.0 Å². The number of nitrogens with one attached hydrogen (secondary N) is 1. The third-order valence-electron chi connectivity index (χ3n) is 6.58. The molecule has 0 radical (unpaired) electrons. The number of hydrogen-bond acceptors (Lipinski definition) is 3. The molecule has 1 aliphatic carbocycles. The number of carbonyl (C=O) groups is 1. The Balaban J connectivity index is 1.50. The number of carbonyl (C=O) groups excluding carboxylic acids is 1. The molecule has 2 aromatic rings. The number of hydrogen-bond donors (Lipinski definition) is 1. The van der Waals surface area contributed by atoms with Crippen LogP contribution in [0.4, 0.5) is 4.79 Å². The first kappa shape index (κ1) is 16.1. The van der Waals surface area contributed by atoms with Crippen LogP contribution in [0.25, 0.3) is 11.0 Å². The first-order valence-corrected chi connectivity index (χ1v) is 9.78. The third-order valence-corrected chi connectivity index (χ3v) is 6.58. The van der Waals surface area contributed by atoms with E-state index in [1.165, 1.54) is 24.0 Å². The first-order valence-electron chi connectivity index (χ1n) is 9.78.